The van der Waals surface area contributed by atoms with Gasteiger partial charge in [0, 0.05) is 32.9 Å². The van der Waals surface area contributed by atoms with Gasteiger partial charge in [-0.2, -0.15) is 0 Å². The topological polar surface area (TPSA) is 95.6 Å². The highest BCUT2D eigenvalue weighted by Crippen LogP contribution is 2.38. The van der Waals surface area contributed by atoms with Gasteiger partial charge in [-0.3, -0.25) is 14.4 Å². The molecule has 2 amide bonds. The van der Waals surface area contributed by atoms with E-state index in [1.165, 1.54) is 12.5 Å². The lowest BCUT2D eigenvalue weighted by molar-refractivity contribution is -0.146. The molecule has 0 aliphatic carbocycles. The van der Waals surface area contributed by atoms with Crippen molar-refractivity contribution in [2.75, 3.05) is 33.4 Å². The number of H-pyrrole nitrogens is 1. The first-order valence-electron chi connectivity index (χ1n) is 8.23. The fourth-order valence-electron chi connectivity index (χ4n) is 3.78. The van der Waals surface area contributed by atoms with Crippen LogP contribution in [-0.4, -0.2) is 70.5 Å². The molecule has 1 spiro atoms. The van der Waals surface area contributed by atoms with Gasteiger partial charge in [0.1, 0.15) is 11.1 Å². The Morgan fingerprint density at radius 3 is 2.79 bits per heavy atom. The van der Waals surface area contributed by atoms with Crippen molar-refractivity contribution in [2.45, 2.75) is 31.2 Å². The molecule has 1 N–H and O–H groups in total. The monoisotopic (exact) mass is 334 g/mol. The summed E-state index contributed by atoms with van der Waals surface area (Å²) in [4.78, 5) is 47.5. The molecular formula is C16H22N4O4. The van der Waals surface area contributed by atoms with Gasteiger partial charge in [-0.25, -0.2) is 4.98 Å². The van der Waals surface area contributed by atoms with Crippen LogP contribution in [0.2, 0.25) is 0 Å². The number of rotatable bonds is 4. The van der Waals surface area contributed by atoms with E-state index in [9.17, 15) is 14.4 Å². The standard InChI is InChI=1S/C16H22N4O4/c1-24-9-8-19-6-2-4-16(15(19)23)5-3-7-20(16)14(22)12-10-17-11-18-13(12)21/h10-11H,2-9H2,1H3,(H,17,18,21). The molecule has 0 aromatic carbocycles. The zero-order valence-corrected chi connectivity index (χ0v) is 13.8. The second-order valence-corrected chi connectivity index (χ2v) is 6.27. The average molecular weight is 334 g/mol. The molecule has 8 nitrogen and oxygen atoms in total. The quantitative estimate of drug-likeness (QED) is 0.837. The highest BCUT2D eigenvalue weighted by atomic mass is 16.5. The highest BCUT2D eigenvalue weighted by Gasteiger charge is 2.52. The largest absolute Gasteiger partial charge is 0.383 e. The van der Waals surface area contributed by atoms with Gasteiger partial charge in [0.2, 0.25) is 5.91 Å². The number of methoxy groups -OCH3 is 1. The number of aromatic nitrogens is 2. The maximum Gasteiger partial charge on any atom is 0.263 e. The number of nitrogens with zero attached hydrogens (tertiary/aromatic N) is 3. The van der Waals surface area contributed by atoms with Crippen molar-refractivity contribution in [1.29, 1.82) is 0 Å². The molecule has 2 aliphatic rings. The van der Waals surface area contributed by atoms with Gasteiger partial charge in [-0.15, -0.1) is 0 Å². The van der Waals surface area contributed by atoms with Crippen LogP contribution < -0.4 is 5.56 Å². The van der Waals surface area contributed by atoms with Crippen molar-refractivity contribution >= 4 is 11.8 Å². The summed E-state index contributed by atoms with van der Waals surface area (Å²) in [6.45, 7) is 2.15. The number of likely N-dealkylation sites (tertiary alicyclic amines) is 2. The molecule has 0 radical (unpaired) electrons. The molecule has 8 heteroatoms. The number of piperidine rings is 1. The number of carbonyl (C=O) groups excluding carboxylic acids is 2. The lowest BCUT2D eigenvalue weighted by Crippen LogP contribution is -2.62. The Morgan fingerprint density at radius 1 is 1.33 bits per heavy atom. The second kappa shape index (κ2) is 6.72. The van der Waals surface area contributed by atoms with Gasteiger partial charge in [0.15, 0.2) is 0 Å². The molecule has 2 fully saturated rings. The third-order valence-electron chi connectivity index (χ3n) is 4.95. The number of nitrogens with one attached hydrogen (secondary N) is 1. The Hall–Kier alpha value is -2.22. The summed E-state index contributed by atoms with van der Waals surface area (Å²) in [5.41, 5.74) is -1.32. The summed E-state index contributed by atoms with van der Waals surface area (Å²) >= 11 is 0. The van der Waals surface area contributed by atoms with Gasteiger partial charge in [-0.1, -0.05) is 0 Å². The third-order valence-corrected chi connectivity index (χ3v) is 4.95. The van der Waals surface area contributed by atoms with Crippen LogP contribution in [0.15, 0.2) is 17.3 Å². The van der Waals surface area contributed by atoms with E-state index < -0.39 is 17.0 Å². The first-order chi connectivity index (χ1) is 11.6. The molecule has 0 bridgehead atoms. The first-order valence-corrected chi connectivity index (χ1v) is 8.23. The molecule has 0 saturated carbocycles. The maximum atomic E-state index is 13.1. The van der Waals surface area contributed by atoms with Crippen LogP contribution >= 0.6 is 0 Å². The SMILES string of the molecule is COCCN1CCCC2(CCCN2C(=O)c2cnc[nH]c2=O)C1=O. The highest BCUT2D eigenvalue weighted by molar-refractivity contribution is 5.99. The van der Waals surface area contributed by atoms with Crippen molar-refractivity contribution in [3.63, 3.8) is 0 Å². The summed E-state index contributed by atoms with van der Waals surface area (Å²) in [5, 5.41) is 0. The number of aromatic amines is 1. The van der Waals surface area contributed by atoms with E-state index in [1.807, 2.05) is 0 Å². The van der Waals surface area contributed by atoms with E-state index in [0.717, 1.165) is 12.8 Å². The molecule has 1 unspecified atom stereocenters. The number of ether oxygens (including phenoxy) is 1. The zero-order valence-electron chi connectivity index (χ0n) is 13.8. The summed E-state index contributed by atoms with van der Waals surface area (Å²) in [5.74, 6) is -0.444. The molecule has 1 aromatic rings. The van der Waals surface area contributed by atoms with Gasteiger partial charge < -0.3 is 19.5 Å². The van der Waals surface area contributed by atoms with E-state index in [2.05, 4.69) is 9.97 Å². The third kappa shape index (κ3) is 2.71. The number of amides is 2. The van der Waals surface area contributed by atoms with E-state index in [4.69, 9.17) is 4.74 Å². The number of hydrogen-bond donors (Lipinski definition) is 1. The predicted octanol–water partition coefficient (Wildman–Crippen LogP) is 0.0135. The Balaban J connectivity index is 1.89. The average Bonchev–Trinajstić information content (AvgIpc) is 3.01. The van der Waals surface area contributed by atoms with E-state index in [1.54, 1.807) is 16.9 Å². The van der Waals surface area contributed by atoms with Crippen molar-refractivity contribution in [3.05, 3.63) is 28.4 Å². The Morgan fingerprint density at radius 2 is 2.08 bits per heavy atom. The van der Waals surface area contributed by atoms with Crippen molar-refractivity contribution in [1.82, 2.24) is 19.8 Å². The summed E-state index contributed by atoms with van der Waals surface area (Å²) in [6, 6.07) is 0. The maximum absolute atomic E-state index is 13.1. The number of carbonyl (C=O) groups is 2. The van der Waals surface area contributed by atoms with Crippen LogP contribution in [0.3, 0.4) is 0 Å². The molecule has 1 aromatic heterocycles. The van der Waals surface area contributed by atoms with Gasteiger partial charge in [-0.05, 0) is 25.7 Å². The normalized spacial score (nSPS) is 24.0. The Kier molecular flexibility index (Phi) is 4.66. The second-order valence-electron chi connectivity index (χ2n) is 6.27. The smallest absolute Gasteiger partial charge is 0.263 e. The molecule has 1 atom stereocenters. The van der Waals surface area contributed by atoms with Crippen LogP contribution in [-0.2, 0) is 9.53 Å². The molecule has 130 valence electrons. The molecule has 2 aliphatic heterocycles. The van der Waals surface area contributed by atoms with E-state index in [0.29, 0.717) is 39.1 Å². The summed E-state index contributed by atoms with van der Waals surface area (Å²) in [6.07, 6.45) is 5.38. The minimum Gasteiger partial charge on any atom is -0.383 e. The lowest BCUT2D eigenvalue weighted by atomic mass is 9.85. The van der Waals surface area contributed by atoms with Gasteiger partial charge >= 0.3 is 0 Å². The fourth-order valence-corrected chi connectivity index (χ4v) is 3.78. The molecule has 24 heavy (non-hydrogen) atoms. The van der Waals surface area contributed by atoms with Crippen LogP contribution in [0.4, 0.5) is 0 Å². The first kappa shape index (κ1) is 16.6. The van der Waals surface area contributed by atoms with Crippen molar-refractivity contribution in [3.8, 4) is 0 Å². The summed E-state index contributed by atoms with van der Waals surface area (Å²) in [7, 11) is 1.60. The lowest BCUT2D eigenvalue weighted by Gasteiger charge is -2.44. The molecule has 3 heterocycles. The number of hydrogen-bond acceptors (Lipinski definition) is 5. The Bertz CT molecular complexity index is 689. The molecule has 2 saturated heterocycles. The molecular weight excluding hydrogens is 312 g/mol. The van der Waals surface area contributed by atoms with Crippen LogP contribution in [0.25, 0.3) is 0 Å². The molecule has 3 rings (SSSR count). The van der Waals surface area contributed by atoms with Crippen molar-refractivity contribution < 1.29 is 14.3 Å². The minimum absolute atomic E-state index is 0.0133. The fraction of sp³-hybridized carbons (Fsp3) is 0.625. The zero-order chi connectivity index (χ0) is 17.2. The van der Waals surface area contributed by atoms with Crippen LogP contribution in [0.1, 0.15) is 36.0 Å². The van der Waals surface area contributed by atoms with E-state index >= 15 is 0 Å². The minimum atomic E-state index is -0.828. The van der Waals surface area contributed by atoms with E-state index in [-0.39, 0.29) is 11.5 Å². The summed E-state index contributed by atoms with van der Waals surface area (Å²) < 4.78 is 5.08. The van der Waals surface area contributed by atoms with Gasteiger partial charge in [0.05, 0.1) is 12.9 Å². The van der Waals surface area contributed by atoms with Crippen molar-refractivity contribution in [2.24, 2.45) is 0 Å². The Labute approximate surface area is 139 Å². The van der Waals surface area contributed by atoms with Crippen LogP contribution in [0.5, 0.6) is 0 Å². The predicted molar refractivity (Wildman–Crippen MR) is 85.5 cm³/mol. The van der Waals surface area contributed by atoms with Gasteiger partial charge in [0.25, 0.3) is 11.5 Å². The van der Waals surface area contributed by atoms with Crippen LogP contribution in [0, 0.1) is 0 Å².